The number of hydrogen-bond acceptors (Lipinski definition) is 4. The van der Waals surface area contributed by atoms with Crippen LogP contribution in [0.25, 0.3) is 0 Å². The van der Waals surface area contributed by atoms with Gasteiger partial charge < -0.3 is 15.4 Å². The van der Waals surface area contributed by atoms with E-state index in [9.17, 15) is 0 Å². The van der Waals surface area contributed by atoms with Crippen LogP contribution in [0.4, 0.5) is 5.82 Å². The number of nitrogens with zero attached hydrogens (tertiary/aromatic N) is 2. The first-order chi connectivity index (χ1) is 9.27. The van der Waals surface area contributed by atoms with Crippen molar-refractivity contribution in [2.45, 2.75) is 38.6 Å². The van der Waals surface area contributed by atoms with E-state index in [4.69, 9.17) is 10.5 Å². The number of hydrogen-bond donors (Lipinski definition) is 1. The maximum atomic E-state index is 5.88. The highest BCUT2D eigenvalue weighted by molar-refractivity contribution is 5.52. The molecule has 1 aliphatic carbocycles. The van der Waals surface area contributed by atoms with Gasteiger partial charge in [-0.25, -0.2) is 4.98 Å². The van der Waals surface area contributed by atoms with E-state index in [0.29, 0.717) is 12.0 Å². The summed E-state index contributed by atoms with van der Waals surface area (Å²) < 4.78 is 5.80. The van der Waals surface area contributed by atoms with Crippen molar-refractivity contribution in [1.82, 2.24) is 4.98 Å². The molecule has 2 unspecified atom stereocenters. The molecule has 4 nitrogen and oxygen atoms in total. The number of nitrogens with two attached hydrogens (primary N) is 1. The summed E-state index contributed by atoms with van der Waals surface area (Å²) in [6.45, 7) is 3.60. The van der Waals surface area contributed by atoms with Crippen LogP contribution in [0.15, 0.2) is 18.3 Å². The summed E-state index contributed by atoms with van der Waals surface area (Å²) >= 11 is 0. The van der Waals surface area contributed by atoms with Gasteiger partial charge in [-0.2, -0.15) is 0 Å². The molecule has 2 rings (SSSR count). The standard InChI is InChI=1S/C15H25N3O/c1-3-10-19-14-8-5-9-17-15(14)18(2)13-7-4-6-12(13)11-16/h5,8-9,12-13H,3-4,6-7,10-11,16H2,1-2H3. The summed E-state index contributed by atoms with van der Waals surface area (Å²) in [7, 11) is 2.11. The molecule has 1 saturated carbocycles. The highest BCUT2D eigenvalue weighted by Gasteiger charge is 2.31. The van der Waals surface area contributed by atoms with Crippen LogP contribution in [0.3, 0.4) is 0 Å². The fourth-order valence-corrected chi connectivity index (χ4v) is 2.93. The lowest BCUT2D eigenvalue weighted by atomic mass is 10.0. The largest absolute Gasteiger partial charge is 0.490 e. The number of pyridine rings is 1. The lowest BCUT2D eigenvalue weighted by Gasteiger charge is -2.31. The molecule has 0 aliphatic heterocycles. The zero-order valence-corrected chi connectivity index (χ0v) is 12.0. The first-order valence-electron chi connectivity index (χ1n) is 7.28. The van der Waals surface area contributed by atoms with Crippen LogP contribution in [0.2, 0.25) is 0 Å². The SMILES string of the molecule is CCCOc1cccnc1N(C)C1CCCC1CN. The van der Waals surface area contributed by atoms with E-state index in [0.717, 1.165) is 31.1 Å². The molecule has 0 bridgehead atoms. The quantitative estimate of drug-likeness (QED) is 0.856. The van der Waals surface area contributed by atoms with Crippen LogP contribution in [0, 0.1) is 5.92 Å². The Kier molecular flexibility index (Phi) is 5.02. The maximum Gasteiger partial charge on any atom is 0.171 e. The molecular weight excluding hydrogens is 238 g/mol. The second-order valence-electron chi connectivity index (χ2n) is 5.28. The Balaban J connectivity index is 2.15. The minimum atomic E-state index is 0.490. The topological polar surface area (TPSA) is 51.4 Å². The maximum absolute atomic E-state index is 5.88. The van der Waals surface area contributed by atoms with Crippen LogP contribution < -0.4 is 15.4 Å². The molecule has 1 aromatic rings. The van der Waals surface area contributed by atoms with Gasteiger partial charge in [-0.3, -0.25) is 0 Å². The fourth-order valence-electron chi connectivity index (χ4n) is 2.93. The van der Waals surface area contributed by atoms with Crippen LogP contribution in [-0.4, -0.2) is 31.2 Å². The first kappa shape index (κ1) is 14.1. The second kappa shape index (κ2) is 6.75. The van der Waals surface area contributed by atoms with E-state index in [1.807, 2.05) is 18.3 Å². The van der Waals surface area contributed by atoms with E-state index in [-0.39, 0.29) is 0 Å². The van der Waals surface area contributed by atoms with E-state index >= 15 is 0 Å². The lowest BCUT2D eigenvalue weighted by Crippen LogP contribution is -2.38. The van der Waals surface area contributed by atoms with Gasteiger partial charge in [-0.15, -0.1) is 0 Å². The van der Waals surface area contributed by atoms with Crippen molar-refractivity contribution in [2.75, 3.05) is 25.1 Å². The first-order valence-corrected chi connectivity index (χ1v) is 7.28. The second-order valence-corrected chi connectivity index (χ2v) is 5.28. The molecule has 19 heavy (non-hydrogen) atoms. The molecular formula is C15H25N3O. The van der Waals surface area contributed by atoms with Crippen molar-refractivity contribution in [3.05, 3.63) is 18.3 Å². The van der Waals surface area contributed by atoms with E-state index in [1.54, 1.807) is 0 Å². The van der Waals surface area contributed by atoms with Gasteiger partial charge >= 0.3 is 0 Å². The van der Waals surface area contributed by atoms with Gasteiger partial charge in [-0.05, 0) is 43.9 Å². The van der Waals surface area contributed by atoms with E-state index in [2.05, 4.69) is 23.9 Å². The van der Waals surface area contributed by atoms with Gasteiger partial charge in [0, 0.05) is 19.3 Å². The monoisotopic (exact) mass is 263 g/mol. The Morgan fingerprint density at radius 1 is 1.47 bits per heavy atom. The van der Waals surface area contributed by atoms with Gasteiger partial charge in [0.2, 0.25) is 0 Å². The average molecular weight is 263 g/mol. The zero-order valence-electron chi connectivity index (χ0n) is 12.0. The molecule has 1 aliphatic rings. The van der Waals surface area contributed by atoms with Crippen LogP contribution in [0.1, 0.15) is 32.6 Å². The molecule has 2 atom stereocenters. The molecule has 0 spiro atoms. The van der Waals surface area contributed by atoms with Gasteiger partial charge in [0.1, 0.15) is 0 Å². The normalized spacial score (nSPS) is 22.5. The molecule has 0 radical (unpaired) electrons. The summed E-state index contributed by atoms with van der Waals surface area (Å²) in [5.41, 5.74) is 5.88. The van der Waals surface area contributed by atoms with Crippen LogP contribution in [-0.2, 0) is 0 Å². The van der Waals surface area contributed by atoms with Crippen molar-refractivity contribution in [3.8, 4) is 5.75 Å². The van der Waals surface area contributed by atoms with Crippen molar-refractivity contribution >= 4 is 5.82 Å². The average Bonchev–Trinajstić information content (AvgIpc) is 2.93. The lowest BCUT2D eigenvalue weighted by molar-refractivity contribution is 0.315. The molecule has 0 aromatic carbocycles. The number of rotatable bonds is 6. The Morgan fingerprint density at radius 2 is 2.32 bits per heavy atom. The molecule has 0 amide bonds. The van der Waals surface area contributed by atoms with E-state index in [1.165, 1.54) is 19.3 Å². The Bertz CT molecular complexity index is 397. The summed E-state index contributed by atoms with van der Waals surface area (Å²) in [4.78, 5) is 6.76. The van der Waals surface area contributed by atoms with Crippen LogP contribution >= 0.6 is 0 Å². The van der Waals surface area contributed by atoms with Gasteiger partial charge in [0.25, 0.3) is 0 Å². The highest BCUT2D eigenvalue weighted by atomic mass is 16.5. The van der Waals surface area contributed by atoms with Gasteiger partial charge in [-0.1, -0.05) is 13.3 Å². The summed E-state index contributed by atoms with van der Waals surface area (Å²) in [5.74, 6) is 2.40. The van der Waals surface area contributed by atoms with Crippen molar-refractivity contribution in [1.29, 1.82) is 0 Å². The molecule has 2 N–H and O–H groups in total. The number of anilines is 1. The fraction of sp³-hybridized carbons (Fsp3) is 0.667. The number of aromatic nitrogens is 1. The summed E-state index contributed by atoms with van der Waals surface area (Å²) in [6, 6.07) is 4.42. The smallest absolute Gasteiger partial charge is 0.171 e. The molecule has 1 fully saturated rings. The Hall–Kier alpha value is -1.29. The highest BCUT2D eigenvalue weighted by Crippen LogP contribution is 2.34. The summed E-state index contributed by atoms with van der Waals surface area (Å²) in [6.07, 6.45) is 6.52. The summed E-state index contributed by atoms with van der Waals surface area (Å²) in [5, 5.41) is 0. The van der Waals surface area contributed by atoms with Crippen molar-refractivity contribution in [2.24, 2.45) is 11.7 Å². The Morgan fingerprint density at radius 3 is 3.05 bits per heavy atom. The third-order valence-electron chi connectivity index (χ3n) is 3.97. The van der Waals surface area contributed by atoms with Crippen molar-refractivity contribution < 1.29 is 4.74 Å². The molecule has 0 saturated heterocycles. The molecule has 106 valence electrons. The van der Waals surface area contributed by atoms with Gasteiger partial charge in [0.05, 0.1) is 6.61 Å². The minimum Gasteiger partial charge on any atom is -0.490 e. The Labute approximate surface area is 116 Å². The molecule has 1 heterocycles. The molecule has 1 aromatic heterocycles. The van der Waals surface area contributed by atoms with E-state index < -0.39 is 0 Å². The predicted molar refractivity (Wildman–Crippen MR) is 78.6 cm³/mol. The predicted octanol–water partition coefficient (Wildman–Crippen LogP) is 2.43. The minimum absolute atomic E-state index is 0.490. The van der Waals surface area contributed by atoms with Gasteiger partial charge in [0.15, 0.2) is 11.6 Å². The molecule has 4 heteroatoms. The van der Waals surface area contributed by atoms with Crippen LogP contribution in [0.5, 0.6) is 5.75 Å². The third kappa shape index (κ3) is 3.18. The van der Waals surface area contributed by atoms with Crippen molar-refractivity contribution in [3.63, 3.8) is 0 Å². The zero-order chi connectivity index (χ0) is 13.7. The number of ether oxygens (including phenoxy) is 1. The third-order valence-corrected chi connectivity index (χ3v) is 3.97.